The average Bonchev–Trinajstić information content (AvgIpc) is 2.68. The Kier molecular flexibility index (Phi) is 7.14. The fourth-order valence-electron chi connectivity index (χ4n) is 2.36. The summed E-state index contributed by atoms with van der Waals surface area (Å²) < 4.78 is 21.5. The second kappa shape index (κ2) is 9.56. The van der Waals surface area contributed by atoms with Crippen molar-refractivity contribution in [2.45, 2.75) is 19.8 Å². The Bertz CT molecular complexity index is 745. The molecule has 2 aromatic carbocycles. The summed E-state index contributed by atoms with van der Waals surface area (Å²) >= 11 is 0. The number of carbonyl (C=O) groups is 1. The highest BCUT2D eigenvalue weighted by Crippen LogP contribution is 2.31. The van der Waals surface area contributed by atoms with Crippen molar-refractivity contribution in [3.05, 3.63) is 42.0 Å². The number of hydrogen-bond acceptors (Lipinski definition) is 5. The summed E-state index contributed by atoms with van der Waals surface area (Å²) in [6.45, 7) is 2.71. The zero-order chi connectivity index (χ0) is 18.9. The van der Waals surface area contributed by atoms with Crippen LogP contribution in [-0.2, 0) is 0 Å². The maximum Gasteiger partial charge on any atom is 0.255 e. The molecule has 0 fully saturated rings. The number of unbranched alkanes of at least 4 members (excludes halogenated alkanes) is 1. The van der Waals surface area contributed by atoms with E-state index in [1.54, 1.807) is 57.7 Å². The first-order valence-corrected chi connectivity index (χ1v) is 8.47. The molecular weight excluding hydrogens is 334 g/mol. The van der Waals surface area contributed by atoms with E-state index in [0.29, 0.717) is 40.9 Å². The van der Waals surface area contributed by atoms with Crippen molar-refractivity contribution < 1.29 is 23.7 Å². The van der Waals surface area contributed by atoms with Crippen LogP contribution in [0.1, 0.15) is 30.1 Å². The summed E-state index contributed by atoms with van der Waals surface area (Å²) in [5.41, 5.74) is 0.980. The van der Waals surface area contributed by atoms with Crippen LogP contribution in [0.15, 0.2) is 36.4 Å². The average molecular weight is 359 g/mol. The summed E-state index contributed by atoms with van der Waals surface area (Å²) in [5.74, 6) is 2.03. The molecule has 26 heavy (non-hydrogen) atoms. The Labute approximate surface area is 154 Å². The molecule has 2 rings (SSSR count). The number of hydrogen-bond donors (Lipinski definition) is 1. The van der Waals surface area contributed by atoms with Gasteiger partial charge in [-0.1, -0.05) is 13.3 Å². The van der Waals surface area contributed by atoms with E-state index >= 15 is 0 Å². The molecule has 0 aliphatic heterocycles. The van der Waals surface area contributed by atoms with Gasteiger partial charge in [0.2, 0.25) is 0 Å². The molecule has 0 unspecified atom stereocenters. The van der Waals surface area contributed by atoms with Gasteiger partial charge in [-0.05, 0) is 36.8 Å². The molecule has 0 aliphatic rings. The molecule has 1 N–H and O–H groups in total. The summed E-state index contributed by atoms with van der Waals surface area (Å²) in [4.78, 5) is 12.6. The van der Waals surface area contributed by atoms with Gasteiger partial charge in [0.1, 0.15) is 11.5 Å². The number of rotatable bonds is 9. The van der Waals surface area contributed by atoms with Crippen LogP contribution in [0.25, 0.3) is 0 Å². The largest absolute Gasteiger partial charge is 0.497 e. The van der Waals surface area contributed by atoms with Gasteiger partial charge in [0.25, 0.3) is 5.91 Å². The number of methoxy groups -OCH3 is 3. The van der Waals surface area contributed by atoms with Crippen LogP contribution >= 0.6 is 0 Å². The minimum atomic E-state index is -0.282. The number of nitrogens with one attached hydrogen (secondary N) is 1. The van der Waals surface area contributed by atoms with Gasteiger partial charge in [0.05, 0.1) is 33.6 Å². The predicted molar refractivity (Wildman–Crippen MR) is 101 cm³/mol. The highest BCUT2D eigenvalue weighted by Gasteiger charge is 2.14. The Morgan fingerprint density at radius 3 is 2.31 bits per heavy atom. The number of ether oxygens (including phenoxy) is 4. The van der Waals surface area contributed by atoms with E-state index in [1.807, 2.05) is 0 Å². The van der Waals surface area contributed by atoms with E-state index in [0.717, 1.165) is 12.8 Å². The standard InChI is InChI=1S/C20H25NO5/c1-5-6-11-26-18-9-7-14(12-19(18)25-4)20(22)21-16-13-15(23-2)8-10-17(16)24-3/h7-10,12-13H,5-6,11H2,1-4H3,(H,21,22). The first kappa shape index (κ1) is 19.4. The number of anilines is 1. The highest BCUT2D eigenvalue weighted by molar-refractivity contribution is 6.05. The van der Waals surface area contributed by atoms with Crippen LogP contribution in [0.4, 0.5) is 5.69 Å². The van der Waals surface area contributed by atoms with Crippen molar-refractivity contribution in [3.8, 4) is 23.0 Å². The fraction of sp³-hybridized carbons (Fsp3) is 0.350. The molecular formula is C20H25NO5. The topological polar surface area (TPSA) is 66.0 Å². The van der Waals surface area contributed by atoms with Gasteiger partial charge in [-0.2, -0.15) is 0 Å². The maximum absolute atomic E-state index is 12.6. The zero-order valence-electron chi connectivity index (χ0n) is 15.6. The monoisotopic (exact) mass is 359 g/mol. The van der Waals surface area contributed by atoms with Crippen LogP contribution in [0, 0.1) is 0 Å². The lowest BCUT2D eigenvalue weighted by Gasteiger charge is -2.14. The Morgan fingerprint density at radius 2 is 1.65 bits per heavy atom. The summed E-state index contributed by atoms with van der Waals surface area (Å²) in [5, 5.41) is 2.84. The Morgan fingerprint density at radius 1 is 0.923 bits per heavy atom. The van der Waals surface area contributed by atoms with Gasteiger partial charge >= 0.3 is 0 Å². The number of carbonyl (C=O) groups excluding carboxylic acids is 1. The SMILES string of the molecule is CCCCOc1ccc(C(=O)Nc2cc(OC)ccc2OC)cc1OC. The van der Waals surface area contributed by atoms with Gasteiger partial charge in [0.15, 0.2) is 11.5 Å². The van der Waals surface area contributed by atoms with Crippen LogP contribution in [0.3, 0.4) is 0 Å². The third-order valence-corrected chi connectivity index (χ3v) is 3.84. The van der Waals surface area contributed by atoms with Crippen molar-refractivity contribution in [2.75, 3.05) is 33.3 Å². The smallest absolute Gasteiger partial charge is 0.255 e. The van der Waals surface area contributed by atoms with Crippen molar-refractivity contribution in [2.24, 2.45) is 0 Å². The van der Waals surface area contributed by atoms with Crippen molar-refractivity contribution in [1.29, 1.82) is 0 Å². The molecule has 2 aromatic rings. The van der Waals surface area contributed by atoms with Gasteiger partial charge in [-0.15, -0.1) is 0 Å². The van der Waals surface area contributed by atoms with Crippen LogP contribution in [0.5, 0.6) is 23.0 Å². The molecule has 1 amide bonds. The fourth-order valence-corrected chi connectivity index (χ4v) is 2.36. The van der Waals surface area contributed by atoms with Crippen molar-refractivity contribution >= 4 is 11.6 Å². The van der Waals surface area contributed by atoms with Crippen LogP contribution in [0.2, 0.25) is 0 Å². The third-order valence-electron chi connectivity index (χ3n) is 3.84. The minimum absolute atomic E-state index is 0.282. The summed E-state index contributed by atoms with van der Waals surface area (Å²) in [6.07, 6.45) is 2.01. The zero-order valence-corrected chi connectivity index (χ0v) is 15.6. The van der Waals surface area contributed by atoms with Gasteiger partial charge in [0, 0.05) is 11.6 Å². The molecule has 0 aromatic heterocycles. The summed E-state index contributed by atoms with van der Waals surface area (Å²) in [6, 6.07) is 10.3. The molecule has 0 heterocycles. The molecule has 140 valence electrons. The molecule has 0 saturated carbocycles. The molecule has 0 spiro atoms. The molecule has 6 heteroatoms. The van der Waals surface area contributed by atoms with Crippen molar-refractivity contribution in [3.63, 3.8) is 0 Å². The van der Waals surface area contributed by atoms with E-state index in [-0.39, 0.29) is 5.91 Å². The molecule has 0 saturated heterocycles. The first-order chi connectivity index (χ1) is 12.6. The molecule has 0 bridgehead atoms. The highest BCUT2D eigenvalue weighted by atomic mass is 16.5. The maximum atomic E-state index is 12.6. The van der Waals surface area contributed by atoms with Crippen molar-refractivity contribution in [1.82, 2.24) is 0 Å². The van der Waals surface area contributed by atoms with E-state index in [2.05, 4.69) is 12.2 Å². The second-order valence-corrected chi connectivity index (χ2v) is 5.59. The summed E-state index contributed by atoms with van der Waals surface area (Å²) in [7, 11) is 4.66. The Balaban J connectivity index is 2.19. The minimum Gasteiger partial charge on any atom is -0.497 e. The quantitative estimate of drug-likeness (QED) is 0.682. The van der Waals surface area contributed by atoms with E-state index in [9.17, 15) is 4.79 Å². The lowest BCUT2D eigenvalue weighted by Crippen LogP contribution is -2.13. The molecule has 6 nitrogen and oxygen atoms in total. The van der Waals surface area contributed by atoms with E-state index in [4.69, 9.17) is 18.9 Å². The Hall–Kier alpha value is -2.89. The molecule has 0 radical (unpaired) electrons. The van der Waals surface area contributed by atoms with E-state index < -0.39 is 0 Å². The normalized spacial score (nSPS) is 10.2. The molecule has 0 aliphatic carbocycles. The predicted octanol–water partition coefficient (Wildman–Crippen LogP) is 4.14. The van der Waals surface area contributed by atoms with Crippen LogP contribution < -0.4 is 24.3 Å². The number of amides is 1. The second-order valence-electron chi connectivity index (χ2n) is 5.59. The first-order valence-electron chi connectivity index (χ1n) is 8.47. The van der Waals surface area contributed by atoms with E-state index in [1.165, 1.54) is 0 Å². The number of benzene rings is 2. The van der Waals surface area contributed by atoms with Gasteiger partial charge in [-0.25, -0.2) is 0 Å². The van der Waals surface area contributed by atoms with Gasteiger partial charge < -0.3 is 24.3 Å². The van der Waals surface area contributed by atoms with Crippen LogP contribution in [-0.4, -0.2) is 33.8 Å². The lowest BCUT2D eigenvalue weighted by atomic mass is 10.1. The third kappa shape index (κ3) is 4.81. The molecule has 0 atom stereocenters. The lowest BCUT2D eigenvalue weighted by molar-refractivity contribution is 0.102. The van der Waals surface area contributed by atoms with Gasteiger partial charge in [-0.3, -0.25) is 4.79 Å².